The molecule has 0 saturated carbocycles. The van der Waals surface area contributed by atoms with Gasteiger partial charge < -0.3 is 4.90 Å². The summed E-state index contributed by atoms with van der Waals surface area (Å²) in [4.78, 5) is 2.42. The van der Waals surface area contributed by atoms with Crippen molar-refractivity contribution in [1.29, 1.82) is 0 Å². The number of hydrogen-bond acceptors (Lipinski definition) is 2. The molecular formula is C58H37N2S+. The van der Waals surface area contributed by atoms with E-state index in [4.69, 9.17) is 0 Å². The predicted molar refractivity (Wildman–Crippen MR) is 255 cm³/mol. The van der Waals surface area contributed by atoms with E-state index in [1.54, 1.807) is 0 Å². The van der Waals surface area contributed by atoms with E-state index < -0.39 is 5.41 Å². The van der Waals surface area contributed by atoms with Crippen LogP contribution >= 0.6 is 11.3 Å². The summed E-state index contributed by atoms with van der Waals surface area (Å²) in [6.07, 6.45) is 0. The number of aromatic nitrogens is 1. The molecule has 0 atom stereocenters. The van der Waals surface area contributed by atoms with Crippen LogP contribution < -0.4 is 9.47 Å². The van der Waals surface area contributed by atoms with E-state index in [0.29, 0.717) is 0 Å². The molecule has 0 amide bonds. The first-order valence-corrected chi connectivity index (χ1v) is 21.8. The Morgan fingerprint density at radius 1 is 0.361 bits per heavy atom. The highest BCUT2D eigenvalue weighted by Gasteiger charge is 2.51. The van der Waals surface area contributed by atoms with Crippen LogP contribution in [0.1, 0.15) is 22.3 Å². The number of benzene rings is 10. The van der Waals surface area contributed by atoms with Crippen LogP contribution in [0.5, 0.6) is 0 Å². The summed E-state index contributed by atoms with van der Waals surface area (Å²) in [5.41, 5.74) is 17.1. The zero-order chi connectivity index (χ0) is 40.1. The lowest BCUT2D eigenvalue weighted by Crippen LogP contribution is -2.31. The smallest absolute Gasteiger partial charge is 0.276 e. The third-order valence-corrected chi connectivity index (χ3v) is 14.4. The van der Waals surface area contributed by atoms with Gasteiger partial charge in [0.05, 0.1) is 16.4 Å². The normalized spacial score (nSPS) is 13.0. The third-order valence-electron chi connectivity index (χ3n) is 13.1. The lowest BCUT2D eigenvalue weighted by atomic mass is 9.70. The van der Waals surface area contributed by atoms with Crippen LogP contribution in [-0.2, 0) is 5.41 Å². The molecule has 0 unspecified atom stereocenters. The number of fused-ring (bicyclic) bond motifs is 16. The number of hydrogen-bond donors (Lipinski definition) is 0. The molecule has 2 aliphatic carbocycles. The Morgan fingerprint density at radius 3 is 1.44 bits per heavy atom. The summed E-state index contributed by atoms with van der Waals surface area (Å²) in [5, 5.41) is 6.32. The van der Waals surface area contributed by atoms with Crippen LogP contribution in [0.2, 0.25) is 0 Å². The van der Waals surface area contributed by atoms with E-state index in [1.807, 2.05) is 11.3 Å². The van der Waals surface area contributed by atoms with E-state index in [-0.39, 0.29) is 0 Å². The highest BCUT2D eigenvalue weighted by molar-refractivity contribution is 7.22. The molecule has 2 nitrogen and oxygen atoms in total. The van der Waals surface area contributed by atoms with Gasteiger partial charge in [0, 0.05) is 34.6 Å². The van der Waals surface area contributed by atoms with Gasteiger partial charge in [-0.1, -0.05) is 169 Å². The summed E-state index contributed by atoms with van der Waals surface area (Å²) in [6, 6.07) is 82.9. The maximum Gasteiger partial charge on any atom is 0.276 e. The average molecular weight is 794 g/mol. The summed E-state index contributed by atoms with van der Waals surface area (Å²) < 4.78 is 3.78. The van der Waals surface area contributed by atoms with Crippen LogP contribution in [-0.4, -0.2) is 0 Å². The van der Waals surface area contributed by atoms with Gasteiger partial charge in [-0.25, -0.2) is 0 Å². The minimum atomic E-state index is -0.415. The van der Waals surface area contributed by atoms with Crippen molar-refractivity contribution in [2.45, 2.75) is 5.41 Å². The summed E-state index contributed by atoms with van der Waals surface area (Å²) in [5.74, 6) is 0. The number of rotatable bonds is 5. The van der Waals surface area contributed by atoms with Gasteiger partial charge in [0.15, 0.2) is 0 Å². The van der Waals surface area contributed by atoms with Crippen LogP contribution in [0.25, 0.3) is 70.3 Å². The van der Waals surface area contributed by atoms with Gasteiger partial charge in [-0.15, -0.1) is 4.57 Å². The quantitative estimate of drug-likeness (QED) is 0.124. The fourth-order valence-corrected chi connectivity index (χ4v) is 12.0. The second kappa shape index (κ2) is 13.2. The van der Waals surface area contributed by atoms with Crippen molar-refractivity contribution in [2.75, 3.05) is 4.90 Å². The Labute approximate surface area is 358 Å². The monoisotopic (exact) mass is 793 g/mol. The van der Waals surface area contributed by atoms with Crippen molar-refractivity contribution in [1.82, 2.24) is 0 Å². The lowest BCUT2D eigenvalue weighted by Gasteiger charge is -2.32. The summed E-state index contributed by atoms with van der Waals surface area (Å²) in [6.45, 7) is 0. The molecule has 1 aromatic heterocycles. The maximum absolute atomic E-state index is 2.48. The SMILES string of the molecule is c1ccc(N(c2ccc(-c3sc4c5ccccc5c5ccccc5c4[n+]3-c3ccccc3)cc2)c2ccc3c(c2)C2(c4ccccc4-c4ccccc42)c2ccccc2-3)cc1. The zero-order valence-electron chi connectivity index (χ0n) is 33.2. The predicted octanol–water partition coefficient (Wildman–Crippen LogP) is 15.0. The zero-order valence-corrected chi connectivity index (χ0v) is 34.0. The molecule has 11 aromatic rings. The van der Waals surface area contributed by atoms with E-state index in [0.717, 1.165) is 22.7 Å². The molecule has 0 radical (unpaired) electrons. The Kier molecular flexibility index (Phi) is 7.42. The maximum atomic E-state index is 2.48. The molecule has 61 heavy (non-hydrogen) atoms. The van der Waals surface area contributed by atoms with Crippen LogP contribution in [0, 0.1) is 0 Å². The largest absolute Gasteiger partial charge is 0.310 e. The van der Waals surface area contributed by atoms with Gasteiger partial charge >= 0.3 is 0 Å². The molecule has 0 fully saturated rings. The van der Waals surface area contributed by atoms with E-state index in [9.17, 15) is 0 Å². The second-order valence-electron chi connectivity index (χ2n) is 16.2. The van der Waals surface area contributed by atoms with Gasteiger partial charge in [0.25, 0.3) is 5.01 Å². The fourth-order valence-electron chi connectivity index (χ4n) is 10.7. The first-order valence-electron chi connectivity index (χ1n) is 21.0. The van der Waals surface area contributed by atoms with Crippen molar-refractivity contribution in [3.63, 3.8) is 0 Å². The van der Waals surface area contributed by atoms with Crippen LogP contribution in [0.15, 0.2) is 224 Å². The highest BCUT2D eigenvalue weighted by Crippen LogP contribution is 2.63. The Balaban J connectivity index is 1.01. The second-order valence-corrected chi connectivity index (χ2v) is 17.2. The topological polar surface area (TPSA) is 7.12 Å². The number of para-hydroxylation sites is 2. The molecule has 1 heterocycles. The van der Waals surface area contributed by atoms with Crippen molar-refractivity contribution < 1.29 is 4.57 Å². The van der Waals surface area contributed by atoms with Gasteiger partial charge in [-0.05, 0) is 110 Å². The van der Waals surface area contributed by atoms with Gasteiger partial charge in [0.1, 0.15) is 4.70 Å². The number of nitrogens with zero attached hydrogens (tertiary/aromatic N) is 2. The van der Waals surface area contributed by atoms with Crippen molar-refractivity contribution in [2.24, 2.45) is 0 Å². The molecule has 10 aromatic carbocycles. The third kappa shape index (κ3) is 4.81. The molecule has 0 bridgehead atoms. The summed E-state index contributed by atoms with van der Waals surface area (Å²) in [7, 11) is 0. The summed E-state index contributed by atoms with van der Waals surface area (Å²) >= 11 is 1.88. The van der Waals surface area contributed by atoms with Gasteiger partial charge in [-0.3, -0.25) is 0 Å². The van der Waals surface area contributed by atoms with Crippen LogP contribution in [0.3, 0.4) is 0 Å². The molecule has 0 saturated heterocycles. The van der Waals surface area contributed by atoms with E-state index in [2.05, 4.69) is 234 Å². The standard InChI is InChI=1S/C58H37N2S/c1-3-17-39(18-4-1)59(42-35-36-48-47-25-13-16-30-53(47)58(54(48)37-42)51-28-14-11-23-45(51)46-24-12-15-29-52(46)58)41-33-31-38(32-34-41)57-60(40-19-5-2-6-20-40)55-49-26-9-7-21-43(49)44-22-8-10-27-50(44)56(55)61-57/h1-37H/q+1. The van der Waals surface area contributed by atoms with Gasteiger partial charge in [0.2, 0.25) is 11.2 Å². The molecule has 0 N–H and O–H groups in total. The van der Waals surface area contributed by atoms with E-state index >= 15 is 0 Å². The van der Waals surface area contributed by atoms with Crippen molar-refractivity contribution in [3.8, 4) is 38.5 Å². The number of thiazole rings is 1. The van der Waals surface area contributed by atoms with Crippen molar-refractivity contribution in [3.05, 3.63) is 247 Å². The molecule has 13 rings (SSSR count). The number of anilines is 3. The first kappa shape index (κ1) is 34.3. The molecule has 3 heteroatoms. The fraction of sp³-hybridized carbons (Fsp3) is 0.0172. The molecular weight excluding hydrogens is 757 g/mol. The Hall–Kier alpha value is -7.59. The Bertz CT molecular complexity index is 3470. The minimum absolute atomic E-state index is 0.415. The average Bonchev–Trinajstić information content (AvgIpc) is 3.98. The van der Waals surface area contributed by atoms with E-state index in [1.165, 1.54) is 86.8 Å². The minimum Gasteiger partial charge on any atom is -0.310 e. The molecule has 1 spiro atoms. The van der Waals surface area contributed by atoms with Crippen LogP contribution in [0.4, 0.5) is 17.1 Å². The molecule has 0 aliphatic heterocycles. The van der Waals surface area contributed by atoms with Crippen molar-refractivity contribution >= 4 is 60.2 Å². The molecule has 2 aliphatic rings. The molecule has 284 valence electrons. The Morgan fingerprint density at radius 2 is 0.820 bits per heavy atom. The highest BCUT2D eigenvalue weighted by atomic mass is 32.1. The first-order chi connectivity index (χ1) is 30.3. The van der Waals surface area contributed by atoms with Gasteiger partial charge in [-0.2, -0.15) is 0 Å². The lowest BCUT2D eigenvalue weighted by molar-refractivity contribution is -0.549.